The molecule has 2 unspecified atom stereocenters. The van der Waals surface area contributed by atoms with Gasteiger partial charge in [0.25, 0.3) is 0 Å². The first-order valence-corrected chi connectivity index (χ1v) is 6.16. The summed E-state index contributed by atoms with van der Waals surface area (Å²) in [7, 11) is 0. The molecule has 88 valence electrons. The lowest BCUT2D eigenvalue weighted by atomic mass is 10.0. The molecule has 0 aliphatic carbocycles. The highest BCUT2D eigenvalue weighted by atomic mass is 16.5. The van der Waals surface area contributed by atoms with Gasteiger partial charge >= 0.3 is 0 Å². The van der Waals surface area contributed by atoms with E-state index in [1.165, 1.54) is 13.1 Å². The molecule has 1 saturated heterocycles. The summed E-state index contributed by atoms with van der Waals surface area (Å²) in [5.74, 6) is 2.64. The molecule has 2 rings (SSSR count). The first kappa shape index (κ1) is 11.5. The average Bonchev–Trinajstić information content (AvgIpc) is 2.60. The van der Waals surface area contributed by atoms with Gasteiger partial charge in [0.2, 0.25) is 0 Å². The zero-order valence-corrected chi connectivity index (χ0v) is 10.2. The summed E-state index contributed by atoms with van der Waals surface area (Å²) >= 11 is 0. The van der Waals surface area contributed by atoms with Gasteiger partial charge in [0, 0.05) is 19.6 Å². The molecule has 0 amide bonds. The van der Waals surface area contributed by atoms with Crippen LogP contribution >= 0.6 is 0 Å². The molecular weight excluding hydrogens is 198 g/mol. The van der Waals surface area contributed by atoms with Crippen molar-refractivity contribution in [3.05, 3.63) is 30.3 Å². The van der Waals surface area contributed by atoms with E-state index in [-0.39, 0.29) is 0 Å². The van der Waals surface area contributed by atoms with Crippen LogP contribution in [0.5, 0.6) is 5.75 Å². The number of rotatable bonds is 4. The lowest BCUT2D eigenvalue weighted by Crippen LogP contribution is -2.26. The molecule has 0 N–H and O–H groups in total. The van der Waals surface area contributed by atoms with Crippen LogP contribution in [0.1, 0.15) is 13.8 Å². The van der Waals surface area contributed by atoms with Gasteiger partial charge in [-0.2, -0.15) is 0 Å². The van der Waals surface area contributed by atoms with Gasteiger partial charge in [-0.05, 0) is 24.0 Å². The average molecular weight is 219 g/mol. The molecule has 1 aromatic rings. The second kappa shape index (κ2) is 5.35. The summed E-state index contributed by atoms with van der Waals surface area (Å²) < 4.78 is 5.70. The largest absolute Gasteiger partial charge is 0.492 e. The Kier molecular flexibility index (Phi) is 3.83. The van der Waals surface area contributed by atoms with E-state index < -0.39 is 0 Å². The Morgan fingerprint density at radius 2 is 1.75 bits per heavy atom. The third-order valence-electron chi connectivity index (χ3n) is 3.48. The van der Waals surface area contributed by atoms with E-state index in [1.807, 2.05) is 30.3 Å². The fourth-order valence-corrected chi connectivity index (χ4v) is 2.24. The van der Waals surface area contributed by atoms with Gasteiger partial charge in [-0.3, -0.25) is 4.90 Å². The standard InChI is InChI=1S/C14H21NO/c1-12-10-15(11-13(12)2)8-9-16-14-6-4-3-5-7-14/h3-7,12-13H,8-11H2,1-2H3. The predicted octanol–water partition coefficient (Wildman–Crippen LogP) is 2.65. The van der Waals surface area contributed by atoms with Crippen LogP contribution in [0.15, 0.2) is 30.3 Å². The Morgan fingerprint density at radius 1 is 1.12 bits per heavy atom. The van der Waals surface area contributed by atoms with Gasteiger partial charge in [-0.25, -0.2) is 0 Å². The minimum atomic E-state index is 0.795. The quantitative estimate of drug-likeness (QED) is 0.772. The molecule has 0 saturated carbocycles. The number of para-hydroxylation sites is 1. The SMILES string of the molecule is CC1CN(CCOc2ccccc2)CC1C. The van der Waals surface area contributed by atoms with Crippen molar-refractivity contribution in [2.24, 2.45) is 11.8 Å². The molecule has 0 spiro atoms. The van der Waals surface area contributed by atoms with Crippen LogP contribution < -0.4 is 4.74 Å². The maximum Gasteiger partial charge on any atom is 0.119 e. The summed E-state index contributed by atoms with van der Waals surface area (Å²) in [6, 6.07) is 10.0. The highest BCUT2D eigenvalue weighted by Gasteiger charge is 2.25. The van der Waals surface area contributed by atoms with E-state index >= 15 is 0 Å². The number of likely N-dealkylation sites (tertiary alicyclic amines) is 1. The Balaban J connectivity index is 1.69. The minimum Gasteiger partial charge on any atom is -0.492 e. The van der Waals surface area contributed by atoms with Crippen molar-refractivity contribution in [3.63, 3.8) is 0 Å². The highest BCUT2D eigenvalue weighted by Crippen LogP contribution is 2.21. The van der Waals surface area contributed by atoms with Crippen molar-refractivity contribution in [1.29, 1.82) is 0 Å². The van der Waals surface area contributed by atoms with Gasteiger partial charge in [0.1, 0.15) is 12.4 Å². The number of hydrogen-bond acceptors (Lipinski definition) is 2. The Labute approximate surface area is 98.2 Å². The Bertz CT molecular complexity index is 302. The third-order valence-corrected chi connectivity index (χ3v) is 3.48. The van der Waals surface area contributed by atoms with Crippen molar-refractivity contribution < 1.29 is 4.74 Å². The van der Waals surface area contributed by atoms with Gasteiger partial charge in [-0.1, -0.05) is 32.0 Å². The molecule has 16 heavy (non-hydrogen) atoms. The molecule has 0 radical (unpaired) electrons. The molecular formula is C14H21NO. The summed E-state index contributed by atoms with van der Waals surface area (Å²) in [5, 5.41) is 0. The summed E-state index contributed by atoms with van der Waals surface area (Å²) in [6.07, 6.45) is 0. The van der Waals surface area contributed by atoms with Crippen molar-refractivity contribution >= 4 is 0 Å². The van der Waals surface area contributed by atoms with E-state index in [4.69, 9.17) is 4.74 Å². The summed E-state index contributed by atoms with van der Waals surface area (Å²) in [4.78, 5) is 2.50. The molecule has 2 nitrogen and oxygen atoms in total. The van der Waals surface area contributed by atoms with Crippen molar-refractivity contribution in [3.8, 4) is 5.75 Å². The highest BCUT2D eigenvalue weighted by molar-refractivity contribution is 5.20. The third kappa shape index (κ3) is 2.99. The van der Waals surface area contributed by atoms with Gasteiger partial charge in [0.05, 0.1) is 0 Å². The van der Waals surface area contributed by atoms with Crippen molar-refractivity contribution in [2.45, 2.75) is 13.8 Å². The van der Waals surface area contributed by atoms with Crippen LogP contribution in [0.3, 0.4) is 0 Å². The van der Waals surface area contributed by atoms with Crippen LogP contribution in [0, 0.1) is 11.8 Å². The van der Waals surface area contributed by atoms with Crippen LogP contribution in [-0.4, -0.2) is 31.1 Å². The maximum atomic E-state index is 5.70. The monoisotopic (exact) mass is 219 g/mol. The lowest BCUT2D eigenvalue weighted by molar-refractivity contribution is 0.232. The van der Waals surface area contributed by atoms with Gasteiger partial charge < -0.3 is 4.74 Å². The smallest absolute Gasteiger partial charge is 0.119 e. The second-order valence-corrected chi connectivity index (χ2v) is 4.88. The first-order valence-electron chi connectivity index (χ1n) is 6.16. The molecule has 2 atom stereocenters. The summed E-state index contributed by atoms with van der Waals surface area (Å²) in [6.45, 7) is 8.96. The molecule has 0 bridgehead atoms. The normalized spacial score (nSPS) is 25.9. The minimum absolute atomic E-state index is 0.795. The van der Waals surface area contributed by atoms with Crippen LogP contribution in [-0.2, 0) is 0 Å². The molecule has 0 aromatic heterocycles. The lowest BCUT2D eigenvalue weighted by Gasteiger charge is -2.15. The van der Waals surface area contributed by atoms with E-state index in [0.29, 0.717) is 0 Å². The van der Waals surface area contributed by atoms with Gasteiger partial charge in [-0.15, -0.1) is 0 Å². The van der Waals surface area contributed by atoms with Crippen molar-refractivity contribution in [2.75, 3.05) is 26.2 Å². The van der Waals surface area contributed by atoms with Crippen LogP contribution in [0.25, 0.3) is 0 Å². The molecule has 1 fully saturated rings. The van der Waals surface area contributed by atoms with E-state index in [0.717, 1.165) is 30.7 Å². The van der Waals surface area contributed by atoms with Crippen molar-refractivity contribution in [1.82, 2.24) is 4.90 Å². The molecule has 1 heterocycles. The first-order chi connectivity index (χ1) is 7.75. The predicted molar refractivity (Wildman–Crippen MR) is 66.7 cm³/mol. The zero-order chi connectivity index (χ0) is 11.4. The molecule has 1 aliphatic rings. The summed E-state index contributed by atoms with van der Waals surface area (Å²) in [5.41, 5.74) is 0. The number of nitrogens with zero attached hydrogens (tertiary/aromatic N) is 1. The number of benzene rings is 1. The Morgan fingerprint density at radius 3 is 2.38 bits per heavy atom. The fourth-order valence-electron chi connectivity index (χ4n) is 2.24. The molecule has 1 aliphatic heterocycles. The Hall–Kier alpha value is -1.02. The number of hydrogen-bond donors (Lipinski definition) is 0. The zero-order valence-electron chi connectivity index (χ0n) is 10.2. The van der Waals surface area contributed by atoms with E-state index in [1.54, 1.807) is 0 Å². The second-order valence-electron chi connectivity index (χ2n) is 4.88. The fraction of sp³-hybridized carbons (Fsp3) is 0.571. The van der Waals surface area contributed by atoms with Gasteiger partial charge in [0.15, 0.2) is 0 Å². The topological polar surface area (TPSA) is 12.5 Å². The van der Waals surface area contributed by atoms with E-state index in [2.05, 4.69) is 18.7 Å². The molecule has 2 heteroatoms. The van der Waals surface area contributed by atoms with Crippen LogP contribution in [0.4, 0.5) is 0 Å². The van der Waals surface area contributed by atoms with Crippen LogP contribution in [0.2, 0.25) is 0 Å². The number of ether oxygens (including phenoxy) is 1. The maximum absolute atomic E-state index is 5.70. The van der Waals surface area contributed by atoms with E-state index in [9.17, 15) is 0 Å². The molecule has 1 aromatic carbocycles.